The molecule has 1 N–H and O–H groups in total. The summed E-state index contributed by atoms with van der Waals surface area (Å²) in [6.45, 7) is 7.95. The van der Waals surface area contributed by atoms with Crippen LogP contribution in [0.5, 0.6) is 11.5 Å². The number of hydrogen-bond donors (Lipinski definition) is 1. The van der Waals surface area contributed by atoms with Gasteiger partial charge >= 0.3 is 11.9 Å². The highest BCUT2D eigenvalue weighted by Crippen LogP contribution is 2.34. The van der Waals surface area contributed by atoms with Crippen molar-refractivity contribution in [3.8, 4) is 17.6 Å². The summed E-state index contributed by atoms with van der Waals surface area (Å²) in [7, 11) is 0. The Morgan fingerprint density at radius 2 is 1.86 bits per heavy atom. The van der Waals surface area contributed by atoms with Gasteiger partial charge in [-0.2, -0.15) is 5.26 Å². The number of hydrogen-bond acceptors (Lipinski definition) is 9. The first-order valence-corrected chi connectivity index (χ1v) is 13.2. The molecule has 0 saturated carbocycles. The number of carbonyl (C=O) groups excluding carboxylic acids is 3. The number of nitrogens with zero attached hydrogens (tertiary/aromatic N) is 1. The summed E-state index contributed by atoms with van der Waals surface area (Å²) < 4.78 is 16.2. The molecule has 1 aromatic carbocycles. The van der Waals surface area contributed by atoms with Crippen LogP contribution in [0.2, 0.25) is 0 Å². The molecule has 37 heavy (non-hydrogen) atoms. The van der Waals surface area contributed by atoms with Crippen molar-refractivity contribution >= 4 is 51.6 Å². The van der Waals surface area contributed by atoms with E-state index in [1.807, 2.05) is 19.9 Å². The maximum absolute atomic E-state index is 13.0. The van der Waals surface area contributed by atoms with Crippen molar-refractivity contribution in [1.29, 1.82) is 5.26 Å². The molecule has 0 saturated heterocycles. The molecule has 1 amide bonds. The summed E-state index contributed by atoms with van der Waals surface area (Å²) in [4.78, 5) is 39.1. The van der Waals surface area contributed by atoms with Gasteiger partial charge in [-0.25, -0.2) is 9.59 Å². The second-order valence-corrected chi connectivity index (χ2v) is 9.93. The number of rotatable bonds is 10. The molecule has 0 aliphatic rings. The minimum absolute atomic E-state index is 0.138. The number of ether oxygens (including phenoxy) is 3. The third-order valence-electron chi connectivity index (χ3n) is 4.91. The lowest BCUT2D eigenvalue weighted by atomic mass is 10.1. The van der Waals surface area contributed by atoms with E-state index in [0.29, 0.717) is 27.8 Å². The summed E-state index contributed by atoms with van der Waals surface area (Å²) in [5.41, 5.74) is 0.558. The predicted octanol–water partition coefficient (Wildman–Crippen LogP) is 6.27. The van der Waals surface area contributed by atoms with Crippen molar-refractivity contribution in [2.75, 3.05) is 18.5 Å². The molecule has 0 atom stereocenters. The molecular formula is C27H26N2O6S2. The third kappa shape index (κ3) is 7.06. The summed E-state index contributed by atoms with van der Waals surface area (Å²) in [5.74, 6) is -1.07. The number of carbonyl (C=O) groups is 3. The Hall–Kier alpha value is -3.94. The molecule has 0 aliphatic heterocycles. The molecule has 10 heteroatoms. The molecule has 2 heterocycles. The van der Waals surface area contributed by atoms with E-state index >= 15 is 0 Å². The van der Waals surface area contributed by atoms with E-state index in [-0.39, 0.29) is 29.4 Å². The zero-order valence-electron chi connectivity index (χ0n) is 20.8. The van der Waals surface area contributed by atoms with Gasteiger partial charge in [-0.1, -0.05) is 26.0 Å². The maximum Gasteiger partial charge on any atom is 0.353 e. The van der Waals surface area contributed by atoms with E-state index in [4.69, 9.17) is 14.2 Å². The van der Waals surface area contributed by atoms with Crippen molar-refractivity contribution in [3.05, 3.63) is 68.2 Å². The number of nitriles is 1. The standard InChI is InChI=1S/C27H26N2O6S2/c1-5-33-21-13-17(9-10-20(21)35-27(32)22-8-7-11-36-22)12-18(15-28)24(30)29-25-19(26(31)34-6-2)14-23(37-25)16(3)4/h7-14,16H,5-6H2,1-4H3,(H,29,30)/b18-12+. The first-order valence-electron chi connectivity index (χ1n) is 11.5. The zero-order valence-corrected chi connectivity index (χ0v) is 22.5. The van der Waals surface area contributed by atoms with Crippen molar-refractivity contribution in [2.24, 2.45) is 0 Å². The smallest absolute Gasteiger partial charge is 0.353 e. The number of thiophene rings is 2. The molecule has 3 aromatic rings. The summed E-state index contributed by atoms with van der Waals surface area (Å²) in [5, 5.41) is 14.4. The molecule has 0 radical (unpaired) electrons. The summed E-state index contributed by atoms with van der Waals surface area (Å²) in [6, 6.07) is 11.7. The molecule has 0 aliphatic carbocycles. The normalized spacial score (nSPS) is 11.1. The quantitative estimate of drug-likeness (QED) is 0.140. The monoisotopic (exact) mass is 538 g/mol. The molecule has 0 spiro atoms. The molecule has 0 bridgehead atoms. The maximum atomic E-state index is 13.0. The highest BCUT2D eigenvalue weighted by molar-refractivity contribution is 7.16. The Morgan fingerprint density at radius 1 is 1.08 bits per heavy atom. The van der Waals surface area contributed by atoms with Crippen LogP contribution in [-0.4, -0.2) is 31.1 Å². The Morgan fingerprint density at radius 3 is 2.49 bits per heavy atom. The lowest BCUT2D eigenvalue weighted by Gasteiger charge is -2.11. The van der Waals surface area contributed by atoms with Gasteiger partial charge in [0.1, 0.15) is 21.5 Å². The van der Waals surface area contributed by atoms with E-state index < -0.39 is 17.8 Å². The molecule has 0 unspecified atom stereocenters. The van der Waals surface area contributed by atoms with Gasteiger partial charge in [0, 0.05) is 4.88 Å². The van der Waals surface area contributed by atoms with E-state index in [0.717, 1.165) is 4.88 Å². The first-order chi connectivity index (χ1) is 17.8. The van der Waals surface area contributed by atoms with Gasteiger partial charge in [-0.3, -0.25) is 4.79 Å². The zero-order chi connectivity index (χ0) is 26.9. The second-order valence-electron chi connectivity index (χ2n) is 7.90. The van der Waals surface area contributed by atoms with Crippen LogP contribution in [0.4, 0.5) is 5.00 Å². The van der Waals surface area contributed by atoms with Crippen LogP contribution in [0, 0.1) is 11.3 Å². The highest BCUT2D eigenvalue weighted by atomic mass is 32.1. The van der Waals surface area contributed by atoms with Crippen LogP contribution in [0.15, 0.2) is 47.4 Å². The Labute approximate surface area is 223 Å². The minimum atomic E-state index is -0.670. The number of amides is 1. The van der Waals surface area contributed by atoms with Gasteiger partial charge in [0.25, 0.3) is 5.91 Å². The van der Waals surface area contributed by atoms with Crippen molar-refractivity contribution < 1.29 is 28.6 Å². The topological polar surface area (TPSA) is 115 Å². The molecular weight excluding hydrogens is 512 g/mol. The number of anilines is 1. The van der Waals surface area contributed by atoms with Crippen molar-refractivity contribution in [1.82, 2.24) is 0 Å². The predicted molar refractivity (Wildman–Crippen MR) is 143 cm³/mol. The highest BCUT2D eigenvalue weighted by Gasteiger charge is 2.22. The van der Waals surface area contributed by atoms with Gasteiger partial charge in [-0.15, -0.1) is 22.7 Å². The third-order valence-corrected chi connectivity index (χ3v) is 7.11. The molecule has 8 nitrogen and oxygen atoms in total. The van der Waals surface area contributed by atoms with Crippen LogP contribution in [-0.2, 0) is 9.53 Å². The van der Waals surface area contributed by atoms with Crippen LogP contribution in [0.3, 0.4) is 0 Å². The largest absolute Gasteiger partial charge is 0.490 e. The van der Waals surface area contributed by atoms with Crippen LogP contribution in [0.25, 0.3) is 6.08 Å². The Balaban J connectivity index is 1.86. The lowest BCUT2D eigenvalue weighted by molar-refractivity contribution is -0.112. The molecule has 2 aromatic heterocycles. The van der Waals surface area contributed by atoms with E-state index in [9.17, 15) is 19.6 Å². The van der Waals surface area contributed by atoms with Crippen molar-refractivity contribution in [2.45, 2.75) is 33.6 Å². The number of benzene rings is 1. The summed E-state index contributed by atoms with van der Waals surface area (Å²) in [6.07, 6.45) is 1.39. The average molecular weight is 539 g/mol. The molecule has 0 fully saturated rings. The fraction of sp³-hybridized carbons (Fsp3) is 0.259. The fourth-order valence-electron chi connectivity index (χ4n) is 3.15. The first kappa shape index (κ1) is 27.6. The van der Waals surface area contributed by atoms with E-state index in [1.54, 1.807) is 55.6 Å². The van der Waals surface area contributed by atoms with Gasteiger partial charge in [0.2, 0.25) is 0 Å². The molecule has 192 valence electrons. The lowest BCUT2D eigenvalue weighted by Crippen LogP contribution is -2.15. The van der Waals surface area contributed by atoms with Crippen LogP contribution in [0.1, 0.15) is 64.1 Å². The minimum Gasteiger partial charge on any atom is -0.490 e. The number of esters is 2. The SMILES string of the molecule is CCOC(=O)c1cc(C(C)C)sc1NC(=O)/C(C#N)=C/c1ccc(OC(=O)c2cccs2)c(OCC)c1. The van der Waals surface area contributed by atoms with Gasteiger partial charge < -0.3 is 19.5 Å². The Kier molecular flexibility index (Phi) is 9.60. The van der Waals surface area contributed by atoms with E-state index in [1.165, 1.54) is 28.7 Å². The molecule has 3 rings (SSSR count). The summed E-state index contributed by atoms with van der Waals surface area (Å²) >= 11 is 2.53. The van der Waals surface area contributed by atoms with Crippen LogP contribution >= 0.6 is 22.7 Å². The van der Waals surface area contributed by atoms with Crippen molar-refractivity contribution in [3.63, 3.8) is 0 Å². The average Bonchev–Trinajstić information content (AvgIpc) is 3.55. The van der Waals surface area contributed by atoms with E-state index in [2.05, 4.69) is 5.32 Å². The number of nitrogens with one attached hydrogen (secondary N) is 1. The van der Waals surface area contributed by atoms with Gasteiger partial charge in [0.05, 0.1) is 18.8 Å². The fourth-order valence-corrected chi connectivity index (χ4v) is 4.79. The van der Waals surface area contributed by atoms with Gasteiger partial charge in [0.15, 0.2) is 11.5 Å². The van der Waals surface area contributed by atoms with Gasteiger partial charge in [-0.05, 0) is 61.1 Å². The Bertz CT molecular complexity index is 1350. The van der Waals surface area contributed by atoms with Crippen LogP contribution < -0.4 is 14.8 Å². The second kappa shape index (κ2) is 12.9.